The van der Waals surface area contributed by atoms with Crippen LogP contribution in [0.2, 0.25) is 0 Å². The summed E-state index contributed by atoms with van der Waals surface area (Å²) in [6.07, 6.45) is 19.7. The minimum absolute atomic E-state index is 0.126. The van der Waals surface area contributed by atoms with E-state index in [0.717, 1.165) is 30.2 Å². The van der Waals surface area contributed by atoms with E-state index in [2.05, 4.69) is 24.8 Å². The number of hydrogen-bond donors (Lipinski definition) is 0. The molecule has 0 radical (unpaired) electrons. The number of cyclic esters (lactones) is 1. The standard InChI is InChI=1S/C28H41NO2/c1-27-12-10-21(29-14-4-3-5-15-29)17-20(27)6-7-22-24-9-8-23(19-16-26(30)31-18-19)28(24,2)13-11-25(22)27/h9,16,20-23,25H,3-8,10-15,17-18H2,1-2H3/t20-,21?,22+,23-,25+,27+,28-/m1/s1. The van der Waals surface area contributed by atoms with Crippen molar-refractivity contribution in [2.45, 2.75) is 90.5 Å². The summed E-state index contributed by atoms with van der Waals surface area (Å²) in [4.78, 5) is 14.6. The minimum Gasteiger partial charge on any atom is -0.458 e. The molecule has 3 saturated carbocycles. The summed E-state index contributed by atoms with van der Waals surface area (Å²) in [5, 5.41) is 0. The number of allylic oxidation sites excluding steroid dienone is 2. The normalized spacial score (nSPS) is 47.7. The third-order valence-corrected chi connectivity index (χ3v) is 11.1. The molecule has 6 aliphatic rings. The first kappa shape index (κ1) is 20.5. The number of ether oxygens (including phenoxy) is 1. The molecule has 4 fully saturated rings. The average molecular weight is 424 g/mol. The zero-order chi connectivity index (χ0) is 21.2. The number of nitrogens with zero attached hydrogens (tertiary/aromatic N) is 1. The Morgan fingerprint density at radius 2 is 1.87 bits per heavy atom. The lowest BCUT2D eigenvalue weighted by molar-refractivity contribution is -0.135. The first-order valence-electron chi connectivity index (χ1n) is 13.3. The Morgan fingerprint density at radius 3 is 2.65 bits per heavy atom. The van der Waals surface area contributed by atoms with E-state index in [9.17, 15) is 4.79 Å². The summed E-state index contributed by atoms with van der Waals surface area (Å²) < 4.78 is 5.30. The van der Waals surface area contributed by atoms with Gasteiger partial charge in [-0.25, -0.2) is 4.79 Å². The quantitative estimate of drug-likeness (QED) is 0.409. The fourth-order valence-corrected chi connectivity index (χ4v) is 9.33. The molecule has 3 nitrogen and oxygen atoms in total. The van der Waals surface area contributed by atoms with Crippen molar-refractivity contribution in [2.75, 3.05) is 19.7 Å². The van der Waals surface area contributed by atoms with E-state index in [1.54, 1.807) is 11.6 Å². The molecular weight excluding hydrogens is 382 g/mol. The first-order chi connectivity index (χ1) is 15.0. The maximum Gasteiger partial charge on any atom is 0.331 e. The van der Waals surface area contributed by atoms with Gasteiger partial charge in [0.1, 0.15) is 6.61 Å². The van der Waals surface area contributed by atoms with E-state index in [0.29, 0.717) is 17.9 Å². The molecule has 1 saturated heterocycles. The average Bonchev–Trinajstić information content (AvgIpc) is 3.36. The van der Waals surface area contributed by atoms with Gasteiger partial charge >= 0.3 is 5.97 Å². The van der Waals surface area contributed by atoms with E-state index < -0.39 is 0 Å². The summed E-state index contributed by atoms with van der Waals surface area (Å²) in [6.45, 7) is 8.44. The van der Waals surface area contributed by atoms with Crippen LogP contribution in [0.25, 0.3) is 0 Å². The Hall–Kier alpha value is -1.09. The maximum absolute atomic E-state index is 11.7. The molecular formula is C28H41NO2. The third kappa shape index (κ3) is 3.12. The second kappa shape index (κ2) is 7.47. The molecule has 2 aliphatic heterocycles. The van der Waals surface area contributed by atoms with Gasteiger partial charge in [0.05, 0.1) is 0 Å². The van der Waals surface area contributed by atoms with Crippen molar-refractivity contribution in [3.8, 4) is 0 Å². The number of carbonyl (C=O) groups excluding carboxylic acids is 1. The lowest BCUT2D eigenvalue weighted by Gasteiger charge is -2.60. The van der Waals surface area contributed by atoms with Gasteiger partial charge in [-0.3, -0.25) is 0 Å². The Kier molecular flexibility index (Phi) is 4.94. The molecule has 0 spiro atoms. The Bertz CT molecular complexity index is 808. The lowest BCUT2D eigenvalue weighted by atomic mass is 9.45. The van der Waals surface area contributed by atoms with Gasteiger partial charge in [0.2, 0.25) is 0 Å². The van der Waals surface area contributed by atoms with Crippen LogP contribution in [0.15, 0.2) is 23.3 Å². The molecule has 2 heterocycles. The Labute approximate surface area is 188 Å². The molecule has 0 aromatic carbocycles. The number of piperidine rings is 1. The van der Waals surface area contributed by atoms with Gasteiger partial charge in [0.25, 0.3) is 0 Å². The molecule has 0 amide bonds. The van der Waals surface area contributed by atoms with Crippen LogP contribution in [0.1, 0.15) is 84.5 Å². The lowest BCUT2D eigenvalue weighted by Crippen LogP contribution is -2.54. The fourth-order valence-electron chi connectivity index (χ4n) is 9.33. The molecule has 6 rings (SSSR count). The summed E-state index contributed by atoms with van der Waals surface area (Å²) in [5.41, 5.74) is 3.84. The van der Waals surface area contributed by atoms with Crippen LogP contribution in [0.4, 0.5) is 0 Å². The van der Waals surface area contributed by atoms with Crippen molar-refractivity contribution in [3.05, 3.63) is 23.3 Å². The molecule has 1 unspecified atom stereocenters. The predicted molar refractivity (Wildman–Crippen MR) is 123 cm³/mol. The van der Waals surface area contributed by atoms with Crippen LogP contribution < -0.4 is 0 Å². The first-order valence-corrected chi connectivity index (χ1v) is 13.3. The molecule has 3 heteroatoms. The van der Waals surface area contributed by atoms with E-state index in [1.807, 2.05) is 0 Å². The van der Waals surface area contributed by atoms with Crippen LogP contribution in [-0.2, 0) is 9.53 Å². The highest BCUT2D eigenvalue weighted by molar-refractivity contribution is 5.85. The van der Waals surface area contributed by atoms with Crippen LogP contribution in [0, 0.1) is 34.5 Å². The van der Waals surface area contributed by atoms with E-state index >= 15 is 0 Å². The van der Waals surface area contributed by atoms with Crippen molar-refractivity contribution in [1.29, 1.82) is 0 Å². The van der Waals surface area contributed by atoms with Crippen molar-refractivity contribution in [2.24, 2.45) is 34.5 Å². The molecule has 0 bridgehead atoms. The van der Waals surface area contributed by atoms with Gasteiger partial charge in [-0.2, -0.15) is 0 Å². The van der Waals surface area contributed by atoms with Crippen molar-refractivity contribution >= 4 is 5.97 Å². The topological polar surface area (TPSA) is 29.5 Å². The molecule has 0 aromatic heterocycles. The van der Waals surface area contributed by atoms with Gasteiger partial charge in [-0.1, -0.05) is 31.9 Å². The van der Waals surface area contributed by atoms with Crippen LogP contribution in [-0.4, -0.2) is 36.6 Å². The van der Waals surface area contributed by atoms with E-state index in [4.69, 9.17) is 4.74 Å². The molecule has 0 aromatic rings. The molecule has 31 heavy (non-hydrogen) atoms. The van der Waals surface area contributed by atoms with E-state index in [-0.39, 0.29) is 11.4 Å². The second-order valence-corrected chi connectivity index (χ2v) is 12.2. The van der Waals surface area contributed by atoms with Crippen molar-refractivity contribution < 1.29 is 9.53 Å². The van der Waals surface area contributed by atoms with E-state index in [1.165, 1.54) is 82.9 Å². The van der Waals surface area contributed by atoms with Crippen LogP contribution >= 0.6 is 0 Å². The third-order valence-electron chi connectivity index (χ3n) is 11.1. The van der Waals surface area contributed by atoms with Gasteiger partial charge in [-0.15, -0.1) is 0 Å². The molecule has 7 atom stereocenters. The Morgan fingerprint density at radius 1 is 1.03 bits per heavy atom. The summed E-state index contributed by atoms with van der Waals surface area (Å²) in [7, 11) is 0. The number of carbonyl (C=O) groups is 1. The van der Waals surface area contributed by atoms with Gasteiger partial charge in [0.15, 0.2) is 0 Å². The van der Waals surface area contributed by atoms with Crippen molar-refractivity contribution in [1.82, 2.24) is 4.90 Å². The molecule has 170 valence electrons. The largest absolute Gasteiger partial charge is 0.458 e. The van der Waals surface area contributed by atoms with Gasteiger partial charge in [-0.05, 0) is 117 Å². The number of fused-ring (bicyclic) bond motifs is 5. The van der Waals surface area contributed by atoms with Crippen molar-refractivity contribution in [3.63, 3.8) is 0 Å². The highest BCUT2D eigenvalue weighted by Gasteiger charge is 2.58. The van der Waals surface area contributed by atoms with Gasteiger partial charge in [0, 0.05) is 12.1 Å². The maximum atomic E-state index is 11.7. The predicted octanol–water partition coefficient (Wildman–Crippen LogP) is 5.90. The summed E-state index contributed by atoms with van der Waals surface area (Å²) >= 11 is 0. The van der Waals surface area contributed by atoms with Crippen LogP contribution in [0.5, 0.6) is 0 Å². The highest BCUT2D eigenvalue weighted by Crippen LogP contribution is 2.66. The smallest absolute Gasteiger partial charge is 0.331 e. The van der Waals surface area contributed by atoms with Crippen LogP contribution in [0.3, 0.4) is 0 Å². The minimum atomic E-state index is -0.126. The second-order valence-electron chi connectivity index (χ2n) is 12.2. The summed E-state index contributed by atoms with van der Waals surface area (Å²) in [6, 6.07) is 0.866. The zero-order valence-electron chi connectivity index (χ0n) is 19.7. The number of rotatable bonds is 2. The SMILES string of the molecule is C[C@]12CCC(N3CCCCC3)C[C@H]1CC[C@H]1C3=CC[C@H](C4=CC(=O)OC4)[C@@]3(C)CC[C@@H]12. The number of esters is 1. The van der Waals surface area contributed by atoms with Gasteiger partial charge < -0.3 is 9.64 Å². The number of hydrogen-bond acceptors (Lipinski definition) is 3. The summed E-state index contributed by atoms with van der Waals surface area (Å²) in [5.74, 6) is 2.96. The number of likely N-dealkylation sites (tertiary alicyclic amines) is 1. The molecule has 0 N–H and O–H groups in total. The monoisotopic (exact) mass is 423 g/mol. The molecule has 4 aliphatic carbocycles. The Balaban J connectivity index is 1.20. The highest BCUT2D eigenvalue weighted by atomic mass is 16.5. The fraction of sp³-hybridized carbons (Fsp3) is 0.821. The zero-order valence-corrected chi connectivity index (χ0v) is 19.7.